The first-order chi connectivity index (χ1) is 13.9. The van der Waals surface area contributed by atoms with Crippen LogP contribution in [-0.4, -0.2) is 36.6 Å². The van der Waals surface area contributed by atoms with Gasteiger partial charge >= 0.3 is 5.97 Å². The molecule has 0 aromatic heterocycles. The maximum Gasteiger partial charge on any atom is 0.346 e. The van der Waals surface area contributed by atoms with Crippen LogP contribution in [0, 0.1) is 10.1 Å². The van der Waals surface area contributed by atoms with Crippen molar-refractivity contribution in [2.45, 2.75) is 26.5 Å². The Balaban J connectivity index is 2.14. The number of carbonyl (C=O) groups is 2. The molecular formula is C20H22N2O7. The molecule has 2 aromatic carbocycles. The molecule has 1 atom stereocenters. The lowest BCUT2D eigenvalue weighted by molar-refractivity contribution is -0.385. The zero-order valence-electron chi connectivity index (χ0n) is 16.3. The molecule has 0 aliphatic heterocycles. The average Bonchev–Trinajstić information content (AvgIpc) is 2.72. The molecular weight excluding hydrogens is 380 g/mol. The number of esters is 1. The van der Waals surface area contributed by atoms with Gasteiger partial charge in [-0.05, 0) is 19.4 Å². The number of nitro benzene ring substituents is 1. The Bertz CT molecular complexity index is 884. The molecule has 0 bridgehead atoms. The second-order valence-electron chi connectivity index (χ2n) is 5.96. The molecule has 1 amide bonds. The minimum atomic E-state index is -1.15. The Kier molecular flexibility index (Phi) is 7.53. The Hall–Kier alpha value is -3.62. The van der Waals surface area contributed by atoms with Crippen LogP contribution in [0.3, 0.4) is 0 Å². The summed E-state index contributed by atoms with van der Waals surface area (Å²) < 4.78 is 15.6. The minimum absolute atomic E-state index is 0.115. The Morgan fingerprint density at radius 2 is 1.86 bits per heavy atom. The van der Waals surface area contributed by atoms with Crippen molar-refractivity contribution in [1.29, 1.82) is 0 Å². The van der Waals surface area contributed by atoms with Crippen molar-refractivity contribution in [3.8, 4) is 11.5 Å². The highest BCUT2D eigenvalue weighted by molar-refractivity contribution is 5.96. The highest BCUT2D eigenvalue weighted by atomic mass is 16.6. The molecule has 0 radical (unpaired) electrons. The smallest absolute Gasteiger partial charge is 0.346 e. The maximum atomic E-state index is 12.5. The van der Waals surface area contributed by atoms with Gasteiger partial charge < -0.3 is 19.5 Å². The number of ether oxygens (including phenoxy) is 3. The van der Waals surface area contributed by atoms with E-state index in [-0.39, 0.29) is 30.2 Å². The number of carbonyl (C=O) groups excluding carboxylic acids is 2. The number of nitrogens with zero attached hydrogens (tertiary/aromatic N) is 1. The molecule has 154 valence electrons. The van der Waals surface area contributed by atoms with E-state index in [1.807, 2.05) is 30.3 Å². The highest BCUT2D eigenvalue weighted by Gasteiger charge is 2.28. The quantitative estimate of drug-likeness (QED) is 0.389. The zero-order chi connectivity index (χ0) is 21.4. The van der Waals surface area contributed by atoms with Gasteiger partial charge in [-0.1, -0.05) is 30.3 Å². The van der Waals surface area contributed by atoms with E-state index in [9.17, 15) is 19.7 Å². The number of methoxy groups -OCH3 is 1. The molecule has 0 saturated heterocycles. The number of rotatable bonds is 9. The Morgan fingerprint density at radius 3 is 2.45 bits per heavy atom. The van der Waals surface area contributed by atoms with Crippen LogP contribution in [0.2, 0.25) is 0 Å². The summed E-state index contributed by atoms with van der Waals surface area (Å²) in [6.07, 6.45) is -1.15. The lowest BCUT2D eigenvalue weighted by Crippen LogP contribution is -2.35. The summed E-state index contributed by atoms with van der Waals surface area (Å²) in [7, 11) is 1.33. The average molecular weight is 402 g/mol. The lowest BCUT2D eigenvalue weighted by atomic mass is 10.1. The third-order valence-corrected chi connectivity index (χ3v) is 3.96. The highest BCUT2D eigenvalue weighted by Crippen LogP contribution is 2.35. The van der Waals surface area contributed by atoms with Crippen LogP contribution < -0.4 is 14.8 Å². The number of nitro groups is 1. The number of hydrogen-bond acceptors (Lipinski definition) is 7. The van der Waals surface area contributed by atoms with E-state index in [0.29, 0.717) is 0 Å². The van der Waals surface area contributed by atoms with Gasteiger partial charge in [-0.3, -0.25) is 14.9 Å². The van der Waals surface area contributed by atoms with Gasteiger partial charge in [0.2, 0.25) is 0 Å². The number of amides is 1. The summed E-state index contributed by atoms with van der Waals surface area (Å²) in [5, 5.41) is 14.0. The van der Waals surface area contributed by atoms with E-state index < -0.39 is 28.6 Å². The zero-order valence-corrected chi connectivity index (χ0v) is 16.3. The molecule has 0 spiro atoms. The fourth-order valence-electron chi connectivity index (χ4n) is 2.50. The second kappa shape index (κ2) is 10.1. The van der Waals surface area contributed by atoms with Crippen molar-refractivity contribution < 1.29 is 28.7 Å². The second-order valence-corrected chi connectivity index (χ2v) is 5.96. The first-order valence-electron chi connectivity index (χ1n) is 8.89. The van der Waals surface area contributed by atoms with E-state index >= 15 is 0 Å². The molecule has 0 aliphatic carbocycles. The molecule has 29 heavy (non-hydrogen) atoms. The van der Waals surface area contributed by atoms with Crippen LogP contribution >= 0.6 is 0 Å². The van der Waals surface area contributed by atoms with Gasteiger partial charge in [-0.15, -0.1) is 0 Å². The largest absolute Gasteiger partial charge is 0.493 e. The summed E-state index contributed by atoms with van der Waals surface area (Å²) in [6, 6.07) is 11.5. The molecule has 0 heterocycles. The molecule has 2 aromatic rings. The molecule has 9 nitrogen and oxygen atoms in total. The predicted molar refractivity (Wildman–Crippen MR) is 104 cm³/mol. The first kappa shape index (κ1) is 21.7. The van der Waals surface area contributed by atoms with Gasteiger partial charge in [0, 0.05) is 12.6 Å². The summed E-state index contributed by atoms with van der Waals surface area (Å²) in [6.45, 7) is 3.63. The van der Waals surface area contributed by atoms with Crippen molar-refractivity contribution in [3.63, 3.8) is 0 Å². The fraction of sp³-hybridized carbons (Fsp3) is 0.300. The van der Waals surface area contributed by atoms with Gasteiger partial charge in [-0.25, -0.2) is 4.79 Å². The van der Waals surface area contributed by atoms with Crippen LogP contribution in [0.1, 0.15) is 29.8 Å². The van der Waals surface area contributed by atoms with Crippen molar-refractivity contribution in [1.82, 2.24) is 5.32 Å². The molecule has 0 aliphatic rings. The standard InChI is InChI=1S/C20H22N2O7/c1-4-28-18-10-15(16(22(25)26)11-17(18)27-3)20(24)29-13(2)19(23)21-12-14-8-6-5-7-9-14/h5-11,13H,4,12H2,1-3H3,(H,21,23)/t13-/m0/s1. The number of benzene rings is 2. The SMILES string of the molecule is CCOc1cc(C(=O)O[C@@H](C)C(=O)NCc2ccccc2)c([N+](=O)[O-])cc1OC. The fourth-order valence-corrected chi connectivity index (χ4v) is 2.50. The van der Waals surface area contributed by atoms with Crippen LogP contribution in [0.5, 0.6) is 11.5 Å². The molecule has 0 saturated carbocycles. The summed E-state index contributed by atoms with van der Waals surface area (Å²) >= 11 is 0. The van der Waals surface area contributed by atoms with Gasteiger partial charge in [0.15, 0.2) is 17.6 Å². The summed E-state index contributed by atoms with van der Waals surface area (Å²) in [4.78, 5) is 35.4. The van der Waals surface area contributed by atoms with E-state index in [1.54, 1.807) is 6.92 Å². The molecule has 9 heteroatoms. The Morgan fingerprint density at radius 1 is 1.17 bits per heavy atom. The van der Waals surface area contributed by atoms with Crippen LogP contribution in [0.4, 0.5) is 5.69 Å². The topological polar surface area (TPSA) is 117 Å². The van der Waals surface area contributed by atoms with E-state index in [4.69, 9.17) is 14.2 Å². The summed E-state index contributed by atoms with van der Waals surface area (Å²) in [5.41, 5.74) is 0.0423. The van der Waals surface area contributed by atoms with Gasteiger partial charge in [0.1, 0.15) is 5.56 Å². The van der Waals surface area contributed by atoms with E-state index in [1.165, 1.54) is 20.1 Å². The van der Waals surface area contributed by atoms with Crippen molar-refractivity contribution in [2.75, 3.05) is 13.7 Å². The lowest BCUT2D eigenvalue weighted by Gasteiger charge is -2.15. The number of nitrogens with one attached hydrogen (secondary N) is 1. The van der Waals surface area contributed by atoms with Crippen molar-refractivity contribution in [3.05, 3.63) is 63.7 Å². The van der Waals surface area contributed by atoms with E-state index in [2.05, 4.69) is 5.32 Å². The third-order valence-electron chi connectivity index (χ3n) is 3.96. The number of hydrogen-bond donors (Lipinski definition) is 1. The normalized spacial score (nSPS) is 11.3. The molecule has 0 fully saturated rings. The van der Waals surface area contributed by atoms with Gasteiger partial charge in [0.25, 0.3) is 11.6 Å². The van der Waals surface area contributed by atoms with E-state index in [0.717, 1.165) is 11.6 Å². The first-order valence-corrected chi connectivity index (χ1v) is 8.89. The monoisotopic (exact) mass is 402 g/mol. The maximum absolute atomic E-state index is 12.5. The molecule has 2 rings (SSSR count). The van der Waals surface area contributed by atoms with Gasteiger partial charge in [-0.2, -0.15) is 0 Å². The van der Waals surface area contributed by atoms with Crippen molar-refractivity contribution in [2.24, 2.45) is 0 Å². The molecule has 0 unspecified atom stereocenters. The molecule has 1 N–H and O–H groups in total. The summed E-state index contributed by atoms with van der Waals surface area (Å²) in [5.74, 6) is -1.26. The Labute approximate surface area is 167 Å². The van der Waals surface area contributed by atoms with Gasteiger partial charge in [0.05, 0.1) is 24.7 Å². The third kappa shape index (κ3) is 5.68. The van der Waals surface area contributed by atoms with Crippen LogP contribution in [-0.2, 0) is 16.1 Å². The van der Waals surface area contributed by atoms with Crippen LogP contribution in [0.15, 0.2) is 42.5 Å². The van der Waals surface area contributed by atoms with Crippen molar-refractivity contribution >= 4 is 17.6 Å². The predicted octanol–water partition coefficient (Wildman–Crippen LogP) is 2.86. The minimum Gasteiger partial charge on any atom is -0.493 e. The van der Waals surface area contributed by atoms with Crippen LogP contribution in [0.25, 0.3) is 0 Å².